The molecule has 2 nitrogen and oxygen atoms in total. The highest BCUT2D eigenvalue weighted by Gasteiger charge is 2.60. The maximum absolute atomic E-state index is 11.8. The van der Waals surface area contributed by atoms with Crippen molar-refractivity contribution >= 4 is 11.8 Å². The van der Waals surface area contributed by atoms with Crippen molar-refractivity contribution in [2.45, 2.75) is 43.0 Å². The molecular weight excluding hydrogens is 376 g/mol. The normalized spacial score (nSPS) is 34.0. The Morgan fingerprint density at radius 3 is 2.41 bits per heavy atom. The van der Waals surface area contributed by atoms with Gasteiger partial charge in [0.15, 0.2) is 5.60 Å². The molecule has 1 N–H and O–H groups in total. The molecule has 0 amide bonds. The summed E-state index contributed by atoms with van der Waals surface area (Å²) >= 11 is 1.81. The predicted molar refractivity (Wildman–Crippen MR) is 118 cm³/mol. The van der Waals surface area contributed by atoms with Crippen LogP contribution in [-0.4, -0.2) is 22.4 Å². The Labute approximate surface area is 178 Å². The van der Waals surface area contributed by atoms with Crippen molar-refractivity contribution in [1.82, 2.24) is 0 Å². The molecule has 2 aromatic rings. The number of rotatable bonds is 2. The molecule has 6 rings (SSSR count). The Morgan fingerprint density at radius 1 is 1.03 bits per heavy atom. The van der Waals surface area contributed by atoms with E-state index in [-0.39, 0.29) is 5.44 Å². The van der Waals surface area contributed by atoms with Crippen molar-refractivity contribution < 1.29 is 9.84 Å². The second-order valence-electron chi connectivity index (χ2n) is 9.35. The minimum atomic E-state index is -1.33. The molecule has 29 heavy (non-hydrogen) atoms. The zero-order valence-electron chi connectivity index (χ0n) is 17.0. The van der Waals surface area contributed by atoms with Crippen LogP contribution in [0.4, 0.5) is 0 Å². The fraction of sp³-hybridized carbons (Fsp3) is 0.462. The number of benzene rings is 2. The van der Waals surface area contributed by atoms with Gasteiger partial charge in [0.2, 0.25) is 0 Å². The minimum Gasteiger partial charge on any atom is -0.370 e. The first-order chi connectivity index (χ1) is 14.0. The van der Waals surface area contributed by atoms with Crippen LogP contribution in [0.2, 0.25) is 0 Å². The molecule has 4 fully saturated rings. The van der Waals surface area contributed by atoms with Gasteiger partial charge in [-0.05, 0) is 53.7 Å². The lowest BCUT2D eigenvalue weighted by atomic mass is 9.45. The molecule has 2 bridgehead atoms. The van der Waals surface area contributed by atoms with Crippen molar-refractivity contribution in [2.24, 2.45) is 23.2 Å². The minimum absolute atomic E-state index is 0.372. The van der Waals surface area contributed by atoms with E-state index in [4.69, 9.17) is 4.74 Å². The lowest BCUT2D eigenvalue weighted by Crippen LogP contribution is -2.60. The largest absolute Gasteiger partial charge is 0.370 e. The molecule has 4 aliphatic rings. The summed E-state index contributed by atoms with van der Waals surface area (Å²) in [5.74, 6) is 8.53. The molecule has 1 heterocycles. The maximum atomic E-state index is 11.8. The molecule has 6 atom stereocenters. The Kier molecular flexibility index (Phi) is 4.78. The number of hydrogen-bond acceptors (Lipinski definition) is 3. The zero-order valence-corrected chi connectivity index (χ0v) is 17.9. The highest BCUT2D eigenvalue weighted by atomic mass is 32.2. The predicted octanol–water partition coefficient (Wildman–Crippen LogP) is 5.07. The highest BCUT2D eigenvalue weighted by molar-refractivity contribution is 8.00. The van der Waals surface area contributed by atoms with Gasteiger partial charge in [-0.25, -0.2) is 0 Å². The van der Waals surface area contributed by atoms with Gasteiger partial charge in [0.05, 0.1) is 6.61 Å². The third kappa shape index (κ3) is 3.22. The Bertz CT molecular complexity index is 929. The average Bonchev–Trinajstić information content (AvgIpc) is 2.77. The fourth-order valence-corrected chi connectivity index (χ4v) is 7.22. The SMILES string of the molecule is CC1(C)[C@H]2C[C@@H]3S[C@H]([C@@](O)(C#Cc4ccccc4)c4ccccc4)OC[C@H]3[C@@H]1C2. The fourth-order valence-electron chi connectivity index (χ4n) is 5.54. The number of ether oxygens (including phenoxy) is 1. The lowest BCUT2D eigenvalue weighted by molar-refractivity contribution is -0.141. The standard InChI is InChI=1S/C26H28O2S/c1-25(2)20-15-22(25)21-17-28-24(29-23(21)16-20)26(27,19-11-7-4-8-12-19)14-13-18-9-5-3-6-10-18/h3-12,20-24,27H,15-17H2,1-2H3/t20-,21+,22+,23+,24-,26-/m1/s1. The van der Waals surface area contributed by atoms with Gasteiger partial charge < -0.3 is 9.84 Å². The molecule has 0 aromatic heterocycles. The number of aliphatic hydroxyl groups is 1. The summed E-state index contributed by atoms with van der Waals surface area (Å²) in [6.07, 6.45) is 2.58. The molecule has 2 aromatic carbocycles. The van der Waals surface area contributed by atoms with E-state index in [0.717, 1.165) is 29.6 Å². The van der Waals surface area contributed by atoms with Gasteiger partial charge >= 0.3 is 0 Å². The van der Waals surface area contributed by atoms with E-state index in [1.54, 1.807) is 0 Å². The first kappa shape index (κ1) is 19.2. The van der Waals surface area contributed by atoms with Gasteiger partial charge in [-0.3, -0.25) is 0 Å². The Hall–Kier alpha value is -1.73. The highest BCUT2D eigenvalue weighted by Crippen LogP contribution is 2.65. The van der Waals surface area contributed by atoms with Crippen LogP contribution < -0.4 is 0 Å². The van der Waals surface area contributed by atoms with E-state index in [0.29, 0.717) is 16.6 Å². The van der Waals surface area contributed by atoms with Crippen LogP contribution in [0, 0.1) is 35.0 Å². The maximum Gasteiger partial charge on any atom is 0.187 e. The second-order valence-corrected chi connectivity index (χ2v) is 10.7. The molecule has 3 heteroatoms. The molecule has 150 valence electrons. The summed E-state index contributed by atoms with van der Waals surface area (Å²) in [4.78, 5) is 0. The van der Waals surface area contributed by atoms with Gasteiger partial charge in [0, 0.05) is 10.8 Å². The first-order valence-electron chi connectivity index (χ1n) is 10.6. The van der Waals surface area contributed by atoms with Gasteiger partial charge in [-0.1, -0.05) is 74.2 Å². The van der Waals surface area contributed by atoms with E-state index >= 15 is 0 Å². The van der Waals surface area contributed by atoms with Crippen LogP contribution in [0.15, 0.2) is 60.7 Å². The van der Waals surface area contributed by atoms with Crippen LogP contribution >= 0.6 is 11.8 Å². The van der Waals surface area contributed by atoms with Crippen molar-refractivity contribution in [1.29, 1.82) is 0 Å². The van der Waals surface area contributed by atoms with Crippen molar-refractivity contribution in [3.63, 3.8) is 0 Å². The van der Waals surface area contributed by atoms with E-state index < -0.39 is 5.60 Å². The van der Waals surface area contributed by atoms with Crippen molar-refractivity contribution in [2.75, 3.05) is 6.61 Å². The van der Waals surface area contributed by atoms with Crippen molar-refractivity contribution in [3.05, 3.63) is 71.8 Å². The Balaban J connectivity index is 1.45. The molecule has 1 aliphatic heterocycles. The zero-order chi connectivity index (χ0) is 20.1. The molecule has 1 saturated heterocycles. The van der Waals surface area contributed by atoms with Crippen LogP contribution in [0.3, 0.4) is 0 Å². The first-order valence-corrected chi connectivity index (χ1v) is 11.6. The topological polar surface area (TPSA) is 29.5 Å². The van der Waals surface area contributed by atoms with E-state index in [9.17, 15) is 5.11 Å². The molecule has 0 unspecified atom stereocenters. The molecule has 0 radical (unpaired) electrons. The second kappa shape index (κ2) is 7.20. The van der Waals surface area contributed by atoms with Gasteiger partial charge in [0.1, 0.15) is 5.44 Å². The number of thioether (sulfide) groups is 1. The van der Waals surface area contributed by atoms with Gasteiger partial charge in [0.25, 0.3) is 0 Å². The summed E-state index contributed by atoms with van der Waals surface area (Å²) in [5, 5.41) is 12.4. The molecule has 0 spiro atoms. The molecule has 3 aliphatic carbocycles. The van der Waals surface area contributed by atoms with Gasteiger partial charge in [-0.15, -0.1) is 11.8 Å². The van der Waals surface area contributed by atoms with Crippen LogP contribution in [0.5, 0.6) is 0 Å². The smallest absolute Gasteiger partial charge is 0.187 e. The van der Waals surface area contributed by atoms with E-state index in [1.807, 2.05) is 72.4 Å². The number of hydrogen-bond donors (Lipinski definition) is 1. The lowest BCUT2D eigenvalue weighted by Gasteiger charge is -2.64. The Morgan fingerprint density at radius 2 is 1.72 bits per heavy atom. The van der Waals surface area contributed by atoms with Crippen LogP contribution in [0.25, 0.3) is 0 Å². The monoisotopic (exact) mass is 404 g/mol. The summed E-state index contributed by atoms with van der Waals surface area (Å²) < 4.78 is 6.35. The third-order valence-corrected chi connectivity index (χ3v) is 9.14. The van der Waals surface area contributed by atoms with Gasteiger partial charge in [-0.2, -0.15) is 0 Å². The molecule has 3 saturated carbocycles. The summed E-state index contributed by atoms with van der Waals surface area (Å²) in [7, 11) is 0. The van der Waals surface area contributed by atoms with E-state index in [1.165, 1.54) is 12.8 Å². The van der Waals surface area contributed by atoms with E-state index in [2.05, 4.69) is 25.7 Å². The molecular formula is C26H28O2S. The quantitative estimate of drug-likeness (QED) is 0.709. The summed E-state index contributed by atoms with van der Waals surface area (Å²) in [5.41, 5.74) is 0.454. The van der Waals surface area contributed by atoms with Crippen LogP contribution in [-0.2, 0) is 10.3 Å². The average molecular weight is 405 g/mol. The summed E-state index contributed by atoms with van der Waals surface area (Å²) in [6, 6.07) is 19.7. The van der Waals surface area contributed by atoms with Crippen molar-refractivity contribution in [3.8, 4) is 11.8 Å². The summed E-state index contributed by atoms with van der Waals surface area (Å²) in [6.45, 7) is 5.57. The third-order valence-electron chi connectivity index (χ3n) is 7.52. The van der Waals surface area contributed by atoms with Crippen LogP contribution in [0.1, 0.15) is 37.8 Å².